The van der Waals surface area contributed by atoms with Gasteiger partial charge in [0.2, 0.25) is 5.91 Å². The number of pyridine rings is 1. The van der Waals surface area contributed by atoms with Gasteiger partial charge in [0.05, 0.1) is 5.52 Å². The molecule has 5 heteroatoms. The number of amides is 2. The Morgan fingerprint density at radius 1 is 1.13 bits per heavy atom. The molecule has 1 saturated heterocycles. The van der Waals surface area contributed by atoms with E-state index in [9.17, 15) is 9.59 Å². The van der Waals surface area contributed by atoms with E-state index in [4.69, 9.17) is 0 Å². The van der Waals surface area contributed by atoms with E-state index in [1.165, 1.54) is 0 Å². The second-order valence-corrected chi connectivity index (χ2v) is 8.18. The zero-order valence-corrected chi connectivity index (χ0v) is 17.5. The fraction of sp³-hybridized carbons (Fsp3) is 0.320. The molecule has 1 aromatic heterocycles. The minimum Gasteiger partial charge on any atom is -0.343 e. The first-order valence-corrected chi connectivity index (χ1v) is 10.4. The SMILES string of the molecule is CC(=O)N1CCC(Cc2cccc(C(=O)N(C)Cc3cccc4cccnc34)c2)C1. The van der Waals surface area contributed by atoms with E-state index in [-0.39, 0.29) is 11.8 Å². The van der Waals surface area contributed by atoms with Crippen molar-refractivity contribution in [2.24, 2.45) is 5.92 Å². The lowest BCUT2D eigenvalue weighted by Crippen LogP contribution is -2.27. The Hall–Kier alpha value is -3.21. The van der Waals surface area contributed by atoms with Crippen LogP contribution in [0.4, 0.5) is 0 Å². The van der Waals surface area contributed by atoms with E-state index in [0.717, 1.165) is 48.0 Å². The highest BCUT2D eigenvalue weighted by molar-refractivity contribution is 5.94. The van der Waals surface area contributed by atoms with Crippen LogP contribution in [0.25, 0.3) is 10.9 Å². The highest BCUT2D eigenvalue weighted by atomic mass is 16.2. The molecule has 1 unspecified atom stereocenters. The Kier molecular flexibility index (Phi) is 5.79. The highest BCUT2D eigenvalue weighted by Crippen LogP contribution is 2.22. The first-order chi connectivity index (χ1) is 14.5. The minimum atomic E-state index is 0.00145. The highest BCUT2D eigenvalue weighted by Gasteiger charge is 2.24. The van der Waals surface area contributed by atoms with Crippen LogP contribution in [0.3, 0.4) is 0 Å². The van der Waals surface area contributed by atoms with E-state index in [0.29, 0.717) is 18.0 Å². The molecule has 0 aliphatic carbocycles. The Balaban J connectivity index is 1.45. The fourth-order valence-corrected chi connectivity index (χ4v) is 4.29. The molecule has 0 saturated carbocycles. The van der Waals surface area contributed by atoms with Gasteiger partial charge in [-0.2, -0.15) is 0 Å². The molecule has 0 radical (unpaired) electrons. The minimum absolute atomic E-state index is 0.00145. The largest absolute Gasteiger partial charge is 0.343 e. The van der Waals surface area contributed by atoms with E-state index in [1.807, 2.05) is 60.5 Å². The molecule has 5 nitrogen and oxygen atoms in total. The summed E-state index contributed by atoms with van der Waals surface area (Å²) in [5, 5.41) is 1.08. The van der Waals surface area contributed by atoms with Crippen molar-refractivity contribution in [3.05, 3.63) is 77.5 Å². The number of hydrogen-bond donors (Lipinski definition) is 0. The van der Waals surface area contributed by atoms with Crippen LogP contribution >= 0.6 is 0 Å². The van der Waals surface area contributed by atoms with Crippen LogP contribution in [0, 0.1) is 5.92 Å². The number of carbonyl (C=O) groups excluding carboxylic acids is 2. The van der Waals surface area contributed by atoms with E-state index < -0.39 is 0 Å². The summed E-state index contributed by atoms with van der Waals surface area (Å²) in [5.74, 6) is 0.603. The van der Waals surface area contributed by atoms with E-state index in [2.05, 4.69) is 11.1 Å². The smallest absolute Gasteiger partial charge is 0.253 e. The summed E-state index contributed by atoms with van der Waals surface area (Å²) in [6.07, 6.45) is 3.70. The molecule has 0 bridgehead atoms. The van der Waals surface area contributed by atoms with Crippen molar-refractivity contribution in [3.63, 3.8) is 0 Å². The van der Waals surface area contributed by atoms with Crippen molar-refractivity contribution in [2.45, 2.75) is 26.3 Å². The van der Waals surface area contributed by atoms with Crippen LogP contribution in [0.2, 0.25) is 0 Å². The van der Waals surface area contributed by atoms with Crippen LogP contribution < -0.4 is 0 Å². The molecule has 154 valence electrons. The quantitative estimate of drug-likeness (QED) is 0.651. The molecule has 2 aromatic carbocycles. The number of carbonyl (C=O) groups is 2. The lowest BCUT2D eigenvalue weighted by molar-refractivity contribution is -0.127. The van der Waals surface area contributed by atoms with Gasteiger partial charge in [-0.25, -0.2) is 0 Å². The molecule has 1 atom stereocenters. The third-order valence-corrected chi connectivity index (χ3v) is 5.90. The van der Waals surface area contributed by atoms with Crippen molar-refractivity contribution in [1.82, 2.24) is 14.8 Å². The number of fused-ring (bicyclic) bond motifs is 1. The normalized spacial score (nSPS) is 16.1. The molecule has 2 amide bonds. The molecular formula is C25H27N3O2. The maximum Gasteiger partial charge on any atom is 0.253 e. The average molecular weight is 402 g/mol. The fourth-order valence-electron chi connectivity index (χ4n) is 4.29. The first kappa shape index (κ1) is 20.1. The molecule has 30 heavy (non-hydrogen) atoms. The Labute approximate surface area is 177 Å². The number of para-hydroxylation sites is 1. The van der Waals surface area contributed by atoms with Gasteiger partial charge in [-0.3, -0.25) is 14.6 Å². The molecular weight excluding hydrogens is 374 g/mol. The number of hydrogen-bond acceptors (Lipinski definition) is 3. The molecule has 0 N–H and O–H groups in total. The molecule has 0 spiro atoms. The molecule has 1 aliphatic heterocycles. The zero-order chi connectivity index (χ0) is 21.1. The predicted molar refractivity (Wildman–Crippen MR) is 118 cm³/mol. The summed E-state index contributed by atoms with van der Waals surface area (Å²) in [6.45, 7) is 3.78. The van der Waals surface area contributed by atoms with Gasteiger partial charge in [-0.05, 0) is 48.1 Å². The maximum atomic E-state index is 13.1. The average Bonchev–Trinajstić information content (AvgIpc) is 3.22. The standard InChI is InChI=1S/C25H27N3O2/c1-18(29)28-13-11-20(16-28)14-19-6-3-8-22(15-19)25(30)27(2)17-23-9-4-7-21-10-5-12-26-24(21)23/h3-10,12,15,20H,11,13-14,16-17H2,1-2H3. The van der Waals surface area contributed by atoms with Crippen molar-refractivity contribution in [1.29, 1.82) is 0 Å². The molecule has 4 rings (SSSR count). The van der Waals surface area contributed by atoms with Crippen LogP contribution in [-0.4, -0.2) is 46.7 Å². The zero-order valence-electron chi connectivity index (χ0n) is 17.5. The van der Waals surface area contributed by atoms with Crippen molar-refractivity contribution in [3.8, 4) is 0 Å². The number of aromatic nitrogens is 1. The lowest BCUT2D eigenvalue weighted by atomic mass is 9.97. The van der Waals surface area contributed by atoms with Gasteiger partial charge in [-0.1, -0.05) is 36.4 Å². The summed E-state index contributed by atoms with van der Waals surface area (Å²) in [6, 6.07) is 17.9. The number of nitrogens with zero attached hydrogens (tertiary/aromatic N) is 3. The Morgan fingerprint density at radius 2 is 1.93 bits per heavy atom. The summed E-state index contributed by atoms with van der Waals surface area (Å²) < 4.78 is 0. The summed E-state index contributed by atoms with van der Waals surface area (Å²) in [4.78, 5) is 32.8. The van der Waals surface area contributed by atoms with Crippen molar-refractivity contribution >= 4 is 22.7 Å². The molecule has 1 fully saturated rings. The second-order valence-electron chi connectivity index (χ2n) is 8.18. The van der Waals surface area contributed by atoms with E-state index in [1.54, 1.807) is 18.0 Å². The third-order valence-electron chi connectivity index (χ3n) is 5.90. The summed E-state index contributed by atoms with van der Waals surface area (Å²) in [5.41, 5.74) is 3.82. The molecule has 1 aliphatic rings. The van der Waals surface area contributed by atoms with Gasteiger partial charge in [0.25, 0.3) is 5.91 Å². The Bertz CT molecular complexity index is 1070. The third kappa shape index (κ3) is 4.35. The van der Waals surface area contributed by atoms with Gasteiger partial charge in [0.15, 0.2) is 0 Å². The maximum absolute atomic E-state index is 13.1. The van der Waals surface area contributed by atoms with Gasteiger partial charge in [-0.15, -0.1) is 0 Å². The second kappa shape index (κ2) is 8.66. The van der Waals surface area contributed by atoms with Crippen LogP contribution in [-0.2, 0) is 17.8 Å². The first-order valence-electron chi connectivity index (χ1n) is 10.4. The van der Waals surface area contributed by atoms with E-state index >= 15 is 0 Å². The number of benzene rings is 2. The Morgan fingerprint density at radius 3 is 2.73 bits per heavy atom. The van der Waals surface area contributed by atoms with Gasteiger partial charge < -0.3 is 9.80 Å². The van der Waals surface area contributed by atoms with Crippen LogP contribution in [0.1, 0.15) is 34.8 Å². The number of rotatable bonds is 5. The number of likely N-dealkylation sites (tertiary alicyclic amines) is 1. The lowest BCUT2D eigenvalue weighted by Gasteiger charge is -2.19. The van der Waals surface area contributed by atoms with Crippen LogP contribution in [0.5, 0.6) is 0 Å². The summed E-state index contributed by atoms with van der Waals surface area (Å²) >= 11 is 0. The summed E-state index contributed by atoms with van der Waals surface area (Å²) in [7, 11) is 1.83. The van der Waals surface area contributed by atoms with Crippen molar-refractivity contribution in [2.75, 3.05) is 20.1 Å². The van der Waals surface area contributed by atoms with Gasteiger partial charge >= 0.3 is 0 Å². The van der Waals surface area contributed by atoms with Crippen molar-refractivity contribution < 1.29 is 9.59 Å². The molecule has 2 heterocycles. The monoisotopic (exact) mass is 401 g/mol. The van der Waals surface area contributed by atoms with Gasteiger partial charge in [0.1, 0.15) is 0 Å². The van der Waals surface area contributed by atoms with Crippen LogP contribution in [0.15, 0.2) is 60.8 Å². The topological polar surface area (TPSA) is 53.5 Å². The predicted octanol–water partition coefficient (Wildman–Crippen LogP) is 3.92. The van der Waals surface area contributed by atoms with Gasteiger partial charge in [0, 0.05) is 50.8 Å². The molecule has 3 aromatic rings.